The lowest BCUT2D eigenvalue weighted by Crippen LogP contribution is -2.31. The first kappa shape index (κ1) is 21.4. The van der Waals surface area contributed by atoms with E-state index in [0.717, 1.165) is 32.5 Å². The first-order valence-electron chi connectivity index (χ1n) is 10.4. The molecule has 0 saturated carbocycles. The third-order valence-corrected chi connectivity index (χ3v) is 5.20. The number of nitrogens with zero attached hydrogens (tertiary/aromatic N) is 3. The summed E-state index contributed by atoms with van der Waals surface area (Å²) in [6.07, 6.45) is 6.56. The Bertz CT molecular complexity index is 1070. The van der Waals surface area contributed by atoms with Gasteiger partial charge in [0.05, 0.1) is 23.6 Å². The first-order chi connectivity index (χ1) is 15.6. The molecule has 6 N–H and O–H groups in total. The molecule has 1 aliphatic rings. The van der Waals surface area contributed by atoms with Crippen LogP contribution >= 0.6 is 0 Å². The number of amides is 1. The van der Waals surface area contributed by atoms with E-state index in [2.05, 4.69) is 36.2 Å². The second-order valence-electron chi connectivity index (χ2n) is 7.61. The molecule has 4 rings (SSSR count). The van der Waals surface area contributed by atoms with Gasteiger partial charge in [-0.25, -0.2) is 19.3 Å². The molecule has 0 unspecified atom stereocenters. The Kier molecular flexibility index (Phi) is 6.71. The average Bonchev–Trinajstić information content (AvgIpc) is 2.80. The van der Waals surface area contributed by atoms with Gasteiger partial charge in [-0.1, -0.05) is 6.07 Å². The number of benzene rings is 1. The molecule has 1 fully saturated rings. The van der Waals surface area contributed by atoms with Gasteiger partial charge in [0.15, 0.2) is 0 Å². The lowest BCUT2D eigenvalue weighted by molar-refractivity contribution is 0.102. The number of hydrogen-bond donors (Lipinski definition) is 5. The van der Waals surface area contributed by atoms with E-state index in [1.807, 2.05) is 0 Å². The van der Waals surface area contributed by atoms with Crippen LogP contribution in [0.5, 0.6) is 0 Å². The molecule has 0 aliphatic carbocycles. The Morgan fingerprint density at radius 1 is 1.09 bits per heavy atom. The second kappa shape index (κ2) is 10.0. The van der Waals surface area contributed by atoms with E-state index in [1.165, 1.54) is 30.7 Å². The number of halogens is 1. The van der Waals surface area contributed by atoms with Crippen LogP contribution in [-0.4, -0.2) is 40.5 Å². The van der Waals surface area contributed by atoms with E-state index in [9.17, 15) is 9.18 Å². The van der Waals surface area contributed by atoms with Gasteiger partial charge in [-0.05, 0) is 50.0 Å². The number of pyridine rings is 1. The Labute approximate surface area is 185 Å². The Hall–Kier alpha value is -3.79. The molecule has 1 saturated heterocycles. The maximum atomic E-state index is 13.5. The van der Waals surface area contributed by atoms with Gasteiger partial charge in [0.25, 0.3) is 5.91 Å². The van der Waals surface area contributed by atoms with E-state index in [1.54, 1.807) is 18.2 Å². The van der Waals surface area contributed by atoms with E-state index in [0.29, 0.717) is 40.3 Å². The number of hydrogen-bond acceptors (Lipinski definition) is 8. The van der Waals surface area contributed by atoms with Crippen molar-refractivity contribution >= 4 is 34.7 Å². The molecule has 10 heteroatoms. The number of carbonyl (C=O) groups excluding carboxylic acids is 1. The average molecular weight is 436 g/mol. The first-order valence-corrected chi connectivity index (χ1v) is 10.4. The molecule has 3 aromatic rings. The van der Waals surface area contributed by atoms with Crippen LogP contribution in [0.4, 0.5) is 33.2 Å². The minimum Gasteiger partial charge on any atom is -0.384 e. The number of nitrogens with one attached hydrogen (secondary N) is 4. The fourth-order valence-electron chi connectivity index (χ4n) is 3.49. The highest BCUT2D eigenvalue weighted by atomic mass is 19.1. The topological polar surface area (TPSA) is 130 Å². The van der Waals surface area contributed by atoms with Gasteiger partial charge in [-0.2, -0.15) is 0 Å². The number of anilines is 5. The number of carbonyl (C=O) groups is 1. The normalized spacial score (nSPS) is 14.0. The number of nitrogen functional groups attached to an aromatic ring is 1. The fourth-order valence-corrected chi connectivity index (χ4v) is 3.49. The Morgan fingerprint density at radius 3 is 2.66 bits per heavy atom. The van der Waals surface area contributed by atoms with Crippen LogP contribution in [0.1, 0.15) is 23.2 Å². The van der Waals surface area contributed by atoms with Crippen molar-refractivity contribution in [2.24, 2.45) is 5.92 Å². The SMILES string of the molecule is Nc1cnc(Nc2cc(NCC3CCNCC3)c(C(=O)Nc3cccc(F)c3)cn2)cn1. The maximum Gasteiger partial charge on any atom is 0.259 e. The monoisotopic (exact) mass is 436 g/mol. The highest BCUT2D eigenvalue weighted by molar-refractivity contribution is 6.08. The summed E-state index contributed by atoms with van der Waals surface area (Å²) in [7, 11) is 0. The molecule has 1 aliphatic heterocycles. The van der Waals surface area contributed by atoms with Gasteiger partial charge < -0.3 is 27.0 Å². The van der Waals surface area contributed by atoms with Crippen molar-refractivity contribution in [2.45, 2.75) is 12.8 Å². The van der Waals surface area contributed by atoms with Crippen LogP contribution in [0.3, 0.4) is 0 Å². The molecule has 9 nitrogen and oxygen atoms in total. The molecule has 0 spiro atoms. The van der Waals surface area contributed by atoms with E-state index >= 15 is 0 Å². The van der Waals surface area contributed by atoms with Crippen molar-refractivity contribution in [1.82, 2.24) is 20.3 Å². The van der Waals surface area contributed by atoms with Crippen molar-refractivity contribution in [3.05, 3.63) is 60.3 Å². The number of rotatable bonds is 7. The molecule has 1 aromatic carbocycles. The maximum absolute atomic E-state index is 13.5. The summed E-state index contributed by atoms with van der Waals surface area (Å²) in [6.45, 7) is 2.70. The summed E-state index contributed by atoms with van der Waals surface area (Å²) in [5.41, 5.74) is 6.94. The summed E-state index contributed by atoms with van der Waals surface area (Å²) < 4.78 is 13.5. The molecule has 1 amide bonds. The predicted octanol–water partition coefficient (Wildman–Crippen LogP) is 3.00. The predicted molar refractivity (Wildman–Crippen MR) is 122 cm³/mol. The molecule has 0 radical (unpaired) electrons. The molecule has 166 valence electrons. The lowest BCUT2D eigenvalue weighted by atomic mass is 9.98. The molecule has 0 atom stereocenters. The zero-order valence-corrected chi connectivity index (χ0v) is 17.4. The van der Waals surface area contributed by atoms with Crippen LogP contribution in [-0.2, 0) is 0 Å². The van der Waals surface area contributed by atoms with Crippen molar-refractivity contribution in [3.63, 3.8) is 0 Å². The third kappa shape index (κ3) is 5.67. The van der Waals surface area contributed by atoms with E-state index in [-0.39, 0.29) is 5.91 Å². The van der Waals surface area contributed by atoms with Crippen molar-refractivity contribution in [1.29, 1.82) is 0 Å². The molecule has 3 heterocycles. The second-order valence-corrected chi connectivity index (χ2v) is 7.61. The lowest BCUT2D eigenvalue weighted by Gasteiger charge is -2.24. The van der Waals surface area contributed by atoms with E-state index < -0.39 is 5.82 Å². The van der Waals surface area contributed by atoms with Gasteiger partial charge in [0.2, 0.25) is 0 Å². The Morgan fingerprint density at radius 2 is 1.91 bits per heavy atom. The standard InChI is InChI=1S/C22H25FN8O/c23-15-2-1-3-16(8-15)30-22(32)17-11-28-20(31-21-13-27-19(24)12-29-21)9-18(17)26-10-14-4-6-25-7-5-14/h1-3,8-9,11-14,25H,4-7,10H2,(H2,24,27)(H,30,32)(H2,26,28,29,31). The third-order valence-electron chi connectivity index (χ3n) is 5.20. The van der Waals surface area contributed by atoms with Crippen molar-refractivity contribution < 1.29 is 9.18 Å². The van der Waals surface area contributed by atoms with Gasteiger partial charge in [-0.15, -0.1) is 0 Å². The highest BCUT2D eigenvalue weighted by Gasteiger charge is 2.17. The van der Waals surface area contributed by atoms with Crippen LogP contribution in [0.25, 0.3) is 0 Å². The summed E-state index contributed by atoms with van der Waals surface area (Å²) >= 11 is 0. The number of piperidine rings is 1. The largest absolute Gasteiger partial charge is 0.384 e. The van der Waals surface area contributed by atoms with Crippen molar-refractivity contribution in [2.75, 3.05) is 41.3 Å². The van der Waals surface area contributed by atoms with Gasteiger partial charge >= 0.3 is 0 Å². The minimum absolute atomic E-state index is 0.317. The molecule has 2 aromatic heterocycles. The highest BCUT2D eigenvalue weighted by Crippen LogP contribution is 2.24. The Balaban J connectivity index is 1.55. The summed E-state index contributed by atoms with van der Waals surface area (Å²) in [4.78, 5) is 25.4. The molecular formula is C22H25FN8O. The van der Waals surface area contributed by atoms with Crippen LogP contribution in [0.2, 0.25) is 0 Å². The summed E-state index contributed by atoms with van der Waals surface area (Å²) in [5.74, 6) is 0.997. The van der Waals surface area contributed by atoms with Crippen LogP contribution in [0, 0.1) is 11.7 Å². The number of nitrogens with two attached hydrogens (primary N) is 1. The summed E-state index contributed by atoms with van der Waals surface area (Å²) in [6, 6.07) is 7.51. The van der Waals surface area contributed by atoms with Crippen molar-refractivity contribution in [3.8, 4) is 0 Å². The van der Waals surface area contributed by atoms with Gasteiger partial charge in [0.1, 0.15) is 23.3 Å². The minimum atomic E-state index is -0.422. The quantitative estimate of drug-likeness (QED) is 0.382. The zero-order valence-electron chi connectivity index (χ0n) is 17.4. The molecular weight excluding hydrogens is 411 g/mol. The fraction of sp³-hybridized carbons (Fsp3) is 0.273. The van der Waals surface area contributed by atoms with Gasteiger partial charge in [0, 0.05) is 24.5 Å². The molecule has 0 bridgehead atoms. The van der Waals surface area contributed by atoms with Crippen LogP contribution in [0.15, 0.2) is 48.9 Å². The molecule has 32 heavy (non-hydrogen) atoms. The smallest absolute Gasteiger partial charge is 0.259 e. The number of aromatic nitrogens is 3. The zero-order chi connectivity index (χ0) is 22.3. The van der Waals surface area contributed by atoms with Gasteiger partial charge in [-0.3, -0.25) is 4.79 Å². The van der Waals surface area contributed by atoms with Crippen LogP contribution < -0.4 is 27.0 Å². The van der Waals surface area contributed by atoms with E-state index in [4.69, 9.17) is 5.73 Å². The summed E-state index contributed by atoms with van der Waals surface area (Å²) in [5, 5.41) is 12.5.